The van der Waals surface area contributed by atoms with Crippen LogP contribution in [0.1, 0.15) is 59.3 Å². The SMILES string of the molecule is CC(C)CNCCCCCCN1CCCC1C. The number of nitrogens with one attached hydrogen (secondary N) is 1. The molecule has 2 heteroatoms. The van der Waals surface area contributed by atoms with Crippen LogP contribution in [0, 0.1) is 5.92 Å². The van der Waals surface area contributed by atoms with Crippen molar-refractivity contribution >= 4 is 0 Å². The lowest BCUT2D eigenvalue weighted by Gasteiger charge is -2.20. The van der Waals surface area contributed by atoms with Gasteiger partial charge in [0.2, 0.25) is 0 Å². The van der Waals surface area contributed by atoms with Crippen molar-refractivity contribution in [1.29, 1.82) is 0 Å². The lowest BCUT2D eigenvalue weighted by molar-refractivity contribution is 0.262. The average molecular weight is 240 g/mol. The first-order valence-electron chi connectivity index (χ1n) is 7.65. The first kappa shape index (κ1) is 15.0. The molecule has 1 rings (SSSR count). The van der Waals surface area contributed by atoms with E-state index in [1.165, 1.54) is 64.7 Å². The van der Waals surface area contributed by atoms with Gasteiger partial charge < -0.3 is 10.2 Å². The second-order valence-corrected chi connectivity index (χ2v) is 6.04. The van der Waals surface area contributed by atoms with Crippen LogP contribution in [0.5, 0.6) is 0 Å². The van der Waals surface area contributed by atoms with Crippen LogP contribution >= 0.6 is 0 Å². The first-order valence-corrected chi connectivity index (χ1v) is 7.65. The van der Waals surface area contributed by atoms with Gasteiger partial charge in [0.1, 0.15) is 0 Å². The molecule has 1 fully saturated rings. The second-order valence-electron chi connectivity index (χ2n) is 6.04. The summed E-state index contributed by atoms with van der Waals surface area (Å²) in [5.74, 6) is 0.784. The lowest BCUT2D eigenvalue weighted by Crippen LogP contribution is -2.27. The third-order valence-electron chi connectivity index (χ3n) is 3.79. The smallest absolute Gasteiger partial charge is 0.00674 e. The van der Waals surface area contributed by atoms with E-state index in [2.05, 4.69) is 31.0 Å². The molecule has 0 aromatic rings. The molecule has 0 saturated carbocycles. The Morgan fingerprint density at radius 2 is 1.94 bits per heavy atom. The molecule has 0 aromatic carbocycles. The zero-order chi connectivity index (χ0) is 12.5. The molecular weight excluding hydrogens is 208 g/mol. The maximum absolute atomic E-state index is 3.51. The highest BCUT2D eigenvalue weighted by atomic mass is 15.2. The molecule has 2 nitrogen and oxygen atoms in total. The van der Waals surface area contributed by atoms with E-state index in [0.717, 1.165) is 12.0 Å². The third-order valence-corrected chi connectivity index (χ3v) is 3.79. The van der Waals surface area contributed by atoms with Crippen molar-refractivity contribution in [3.05, 3.63) is 0 Å². The van der Waals surface area contributed by atoms with Crippen LogP contribution in [0.2, 0.25) is 0 Å². The molecule has 1 aliphatic heterocycles. The summed E-state index contributed by atoms with van der Waals surface area (Å²) in [6, 6.07) is 0.850. The molecule has 1 unspecified atom stereocenters. The standard InChI is InChI=1S/C15H32N2/c1-14(2)13-16-10-6-4-5-7-11-17-12-8-9-15(17)3/h14-16H,4-13H2,1-3H3. The molecule has 102 valence electrons. The molecule has 1 saturated heterocycles. The van der Waals surface area contributed by atoms with Crippen molar-refractivity contribution in [3.63, 3.8) is 0 Å². The van der Waals surface area contributed by atoms with Crippen LogP contribution in [-0.4, -0.2) is 37.1 Å². The maximum Gasteiger partial charge on any atom is 0.00674 e. The van der Waals surface area contributed by atoms with Gasteiger partial charge >= 0.3 is 0 Å². The molecule has 0 amide bonds. The van der Waals surface area contributed by atoms with Gasteiger partial charge in [-0.3, -0.25) is 0 Å². The molecule has 1 atom stereocenters. The molecule has 0 bridgehead atoms. The molecule has 1 heterocycles. The summed E-state index contributed by atoms with van der Waals surface area (Å²) < 4.78 is 0. The summed E-state index contributed by atoms with van der Waals surface area (Å²) in [4.78, 5) is 2.66. The molecule has 1 aliphatic rings. The summed E-state index contributed by atoms with van der Waals surface area (Å²) in [7, 11) is 0. The average Bonchev–Trinajstić information content (AvgIpc) is 2.68. The van der Waals surface area contributed by atoms with Gasteiger partial charge in [-0.2, -0.15) is 0 Å². The summed E-state index contributed by atoms with van der Waals surface area (Å²) in [6.45, 7) is 12.0. The van der Waals surface area contributed by atoms with Crippen molar-refractivity contribution in [2.24, 2.45) is 5.92 Å². The van der Waals surface area contributed by atoms with Crippen molar-refractivity contribution in [2.45, 2.75) is 65.3 Å². The van der Waals surface area contributed by atoms with E-state index in [0.29, 0.717) is 0 Å². The maximum atomic E-state index is 3.51. The topological polar surface area (TPSA) is 15.3 Å². The molecule has 0 spiro atoms. The molecular formula is C15H32N2. The van der Waals surface area contributed by atoms with Gasteiger partial charge in [0.25, 0.3) is 0 Å². The summed E-state index contributed by atoms with van der Waals surface area (Å²) in [5.41, 5.74) is 0. The van der Waals surface area contributed by atoms with Crippen LogP contribution in [-0.2, 0) is 0 Å². The number of nitrogens with zero attached hydrogens (tertiary/aromatic N) is 1. The summed E-state index contributed by atoms with van der Waals surface area (Å²) >= 11 is 0. The number of hydrogen-bond acceptors (Lipinski definition) is 2. The summed E-state index contributed by atoms with van der Waals surface area (Å²) in [5, 5.41) is 3.51. The molecule has 17 heavy (non-hydrogen) atoms. The van der Waals surface area contributed by atoms with Gasteiger partial charge in [0.15, 0.2) is 0 Å². The minimum Gasteiger partial charge on any atom is -0.316 e. The fourth-order valence-corrected chi connectivity index (χ4v) is 2.63. The number of likely N-dealkylation sites (tertiary alicyclic amines) is 1. The lowest BCUT2D eigenvalue weighted by atomic mass is 10.1. The van der Waals surface area contributed by atoms with Crippen LogP contribution in [0.15, 0.2) is 0 Å². The Labute approximate surface area is 108 Å². The van der Waals surface area contributed by atoms with E-state index in [-0.39, 0.29) is 0 Å². The summed E-state index contributed by atoms with van der Waals surface area (Å²) in [6.07, 6.45) is 8.39. The fourth-order valence-electron chi connectivity index (χ4n) is 2.63. The normalized spacial score (nSPS) is 21.5. The highest BCUT2D eigenvalue weighted by Crippen LogP contribution is 2.16. The largest absolute Gasteiger partial charge is 0.316 e. The van der Waals surface area contributed by atoms with Crippen molar-refractivity contribution in [2.75, 3.05) is 26.2 Å². The van der Waals surface area contributed by atoms with E-state index >= 15 is 0 Å². The Balaban J connectivity index is 1.81. The van der Waals surface area contributed by atoms with Crippen molar-refractivity contribution < 1.29 is 0 Å². The monoisotopic (exact) mass is 240 g/mol. The van der Waals surface area contributed by atoms with Crippen LogP contribution < -0.4 is 5.32 Å². The minimum atomic E-state index is 0.784. The van der Waals surface area contributed by atoms with Crippen LogP contribution in [0.4, 0.5) is 0 Å². The van der Waals surface area contributed by atoms with Gasteiger partial charge in [-0.15, -0.1) is 0 Å². The number of unbranched alkanes of at least 4 members (excludes halogenated alkanes) is 3. The van der Waals surface area contributed by atoms with Crippen molar-refractivity contribution in [1.82, 2.24) is 10.2 Å². The predicted octanol–water partition coefficient (Wildman–Crippen LogP) is 3.28. The van der Waals surface area contributed by atoms with E-state index in [1.807, 2.05) is 0 Å². The zero-order valence-corrected chi connectivity index (χ0v) is 12.2. The van der Waals surface area contributed by atoms with Crippen molar-refractivity contribution in [3.8, 4) is 0 Å². The van der Waals surface area contributed by atoms with Gasteiger partial charge in [-0.05, 0) is 64.7 Å². The van der Waals surface area contributed by atoms with Gasteiger partial charge in [0.05, 0.1) is 0 Å². The molecule has 0 aromatic heterocycles. The van der Waals surface area contributed by atoms with E-state index < -0.39 is 0 Å². The number of hydrogen-bond donors (Lipinski definition) is 1. The van der Waals surface area contributed by atoms with Gasteiger partial charge in [-0.25, -0.2) is 0 Å². The molecule has 0 aliphatic carbocycles. The number of rotatable bonds is 9. The Morgan fingerprint density at radius 1 is 1.18 bits per heavy atom. The van der Waals surface area contributed by atoms with Crippen LogP contribution in [0.3, 0.4) is 0 Å². The Kier molecular flexibility index (Phi) is 7.87. The highest BCUT2D eigenvalue weighted by Gasteiger charge is 2.18. The Morgan fingerprint density at radius 3 is 2.59 bits per heavy atom. The van der Waals surface area contributed by atoms with E-state index in [9.17, 15) is 0 Å². The van der Waals surface area contributed by atoms with Crippen LogP contribution in [0.25, 0.3) is 0 Å². The fraction of sp³-hybridized carbons (Fsp3) is 1.00. The first-order chi connectivity index (χ1) is 8.20. The third kappa shape index (κ3) is 7.05. The zero-order valence-electron chi connectivity index (χ0n) is 12.2. The van der Waals surface area contributed by atoms with E-state index in [4.69, 9.17) is 0 Å². The predicted molar refractivity (Wildman–Crippen MR) is 76.4 cm³/mol. The second kappa shape index (κ2) is 8.93. The van der Waals surface area contributed by atoms with E-state index in [1.54, 1.807) is 0 Å². The Bertz CT molecular complexity index is 180. The Hall–Kier alpha value is -0.0800. The minimum absolute atomic E-state index is 0.784. The van der Waals surface area contributed by atoms with Gasteiger partial charge in [-0.1, -0.05) is 26.7 Å². The highest BCUT2D eigenvalue weighted by molar-refractivity contribution is 4.74. The molecule has 1 N–H and O–H groups in total. The molecule has 0 radical (unpaired) electrons. The quantitative estimate of drug-likeness (QED) is 0.622. The van der Waals surface area contributed by atoms with Gasteiger partial charge in [0, 0.05) is 6.04 Å².